The van der Waals surface area contributed by atoms with E-state index < -0.39 is 0 Å². The number of rotatable bonds is 7. The Balaban J connectivity index is 2.56. The van der Waals surface area contributed by atoms with E-state index in [9.17, 15) is 4.79 Å². The van der Waals surface area contributed by atoms with E-state index in [-0.39, 0.29) is 5.41 Å². The summed E-state index contributed by atoms with van der Waals surface area (Å²) in [6.45, 7) is 14.0. The van der Waals surface area contributed by atoms with Gasteiger partial charge in [0, 0.05) is 25.6 Å². The van der Waals surface area contributed by atoms with Crippen LogP contribution in [0.5, 0.6) is 0 Å². The van der Waals surface area contributed by atoms with Gasteiger partial charge >= 0.3 is 0 Å². The average molecular weight is 268 g/mol. The predicted octanol–water partition coefficient (Wildman–Crippen LogP) is 3.05. The highest BCUT2D eigenvalue weighted by molar-refractivity contribution is 5.78. The Hall–Kier alpha value is -0.570. The lowest BCUT2D eigenvalue weighted by molar-refractivity contribution is -0.128. The maximum Gasteiger partial charge on any atom is 0.222 e. The van der Waals surface area contributed by atoms with Gasteiger partial charge in [0.1, 0.15) is 0 Å². The number of hydrogen-bond acceptors (Lipinski definition) is 2. The summed E-state index contributed by atoms with van der Waals surface area (Å²) >= 11 is 0. The van der Waals surface area contributed by atoms with Crippen LogP contribution in [-0.2, 0) is 4.79 Å². The number of carbonyl (C=O) groups is 1. The second-order valence-electron chi connectivity index (χ2n) is 7.03. The van der Waals surface area contributed by atoms with E-state index in [1.807, 2.05) is 0 Å². The molecule has 1 rings (SSSR count). The number of nitrogens with one attached hydrogen (secondary N) is 1. The third-order valence-electron chi connectivity index (χ3n) is 4.08. The van der Waals surface area contributed by atoms with Crippen molar-refractivity contribution in [2.75, 3.05) is 19.6 Å². The lowest BCUT2D eigenvalue weighted by Crippen LogP contribution is -2.49. The fourth-order valence-electron chi connectivity index (χ4n) is 2.82. The molecule has 0 radical (unpaired) electrons. The monoisotopic (exact) mass is 268 g/mol. The molecule has 1 heterocycles. The fourth-order valence-corrected chi connectivity index (χ4v) is 2.82. The summed E-state index contributed by atoms with van der Waals surface area (Å²) in [6.07, 6.45) is 4.27. The third kappa shape index (κ3) is 5.13. The molecule has 0 aliphatic carbocycles. The zero-order valence-corrected chi connectivity index (χ0v) is 13.5. The van der Waals surface area contributed by atoms with Crippen LogP contribution in [-0.4, -0.2) is 36.5 Å². The highest BCUT2D eigenvalue weighted by atomic mass is 16.2. The van der Waals surface area contributed by atoms with Gasteiger partial charge in [0.15, 0.2) is 0 Å². The van der Waals surface area contributed by atoms with Gasteiger partial charge in [-0.15, -0.1) is 0 Å². The minimum Gasteiger partial charge on any atom is -0.341 e. The molecule has 3 heteroatoms. The molecule has 1 aliphatic heterocycles. The van der Waals surface area contributed by atoms with Gasteiger partial charge in [-0.1, -0.05) is 41.0 Å². The quantitative estimate of drug-likeness (QED) is 0.769. The first-order chi connectivity index (χ1) is 8.88. The lowest BCUT2D eigenvalue weighted by Gasteiger charge is -2.35. The highest BCUT2D eigenvalue weighted by Crippen LogP contribution is 2.26. The molecule has 1 saturated heterocycles. The summed E-state index contributed by atoms with van der Waals surface area (Å²) in [5.41, 5.74) is 0.193. The first-order valence-electron chi connectivity index (χ1n) is 7.89. The van der Waals surface area contributed by atoms with Crippen LogP contribution in [0, 0.1) is 11.3 Å². The molecule has 19 heavy (non-hydrogen) atoms. The van der Waals surface area contributed by atoms with Gasteiger partial charge in [-0.3, -0.25) is 4.79 Å². The topological polar surface area (TPSA) is 32.3 Å². The van der Waals surface area contributed by atoms with Gasteiger partial charge in [0.05, 0.1) is 0 Å². The Bertz CT molecular complexity index is 283. The smallest absolute Gasteiger partial charge is 0.222 e. The molecule has 0 spiro atoms. The van der Waals surface area contributed by atoms with Crippen molar-refractivity contribution >= 4 is 5.91 Å². The van der Waals surface area contributed by atoms with Crippen molar-refractivity contribution < 1.29 is 4.79 Å². The van der Waals surface area contributed by atoms with Crippen LogP contribution in [0.25, 0.3) is 0 Å². The SMILES string of the molecule is CCCNC(CN1CC(CCC)CC1=O)C(C)(C)C. The van der Waals surface area contributed by atoms with E-state index in [1.165, 1.54) is 12.8 Å². The van der Waals surface area contributed by atoms with Crippen LogP contribution in [0.3, 0.4) is 0 Å². The van der Waals surface area contributed by atoms with Gasteiger partial charge in [-0.05, 0) is 30.7 Å². The first-order valence-corrected chi connectivity index (χ1v) is 7.89. The second-order valence-corrected chi connectivity index (χ2v) is 7.03. The molecule has 1 aliphatic rings. The second kappa shape index (κ2) is 7.28. The zero-order chi connectivity index (χ0) is 14.5. The van der Waals surface area contributed by atoms with Gasteiger partial charge in [0.25, 0.3) is 0 Å². The minimum atomic E-state index is 0.193. The molecule has 1 fully saturated rings. The predicted molar refractivity (Wildman–Crippen MR) is 81.1 cm³/mol. The minimum absolute atomic E-state index is 0.193. The van der Waals surface area contributed by atoms with Crippen LogP contribution in [0.4, 0.5) is 0 Å². The van der Waals surface area contributed by atoms with Crippen molar-refractivity contribution in [1.82, 2.24) is 10.2 Å². The van der Waals surface area contributed by atoms with Gasteiger partial charge < -0.3 is 10.2 Å². The standard InChI is InChI=1S/C16H32N2O/c1-6-8-13-10-15(19)18(11-13)12-14(16(3,4)5)17-9-7-2/h13-14,17H,6-12H2,1-5H3. The van der Waals surface area contributed by atoms with Gasteiger partial charge in [-0.2, -0.15) is 0 Å². The summed E-state index contributed by atoms with van der Waals surface area (Å²) in [7, 11) is 0. The van der Waals surface area contributed by atoms with E-state index >= 15 is 0 Å². The van der Waals surface area contributed by atoms with E-state index in [0.717, 1.165) is 32.5 Å². The van der Waals surface area contributed by atoms with Crippen molar-refractivity contribution in [3.63, 3.8) is 0 Å². The summed E-state index contributed by atoms with van der Waals surface area (Å²) in [6, 6.07) is 0.386. The lowest BCUT2D eigenvalue weighted by atomic mass is 9.86. The van der Waals surface area contributed by atoms with Crippen LogP contribution < -0.4 is 5.32 Å². The molecular formula is C16H32N2O. The van der Waals surface area contributed by atoms with E-state index in [4.69, 9.17) is 0 Å². The third-order valence-corrected chi connectivity index (χ3v) is 4.08. The average Bonchev–Trinajstić information content (AvgIpc) is 2.64. The normalized spacial score (nSPS) is 22.1. The Kier molecular flexibility index (Phi) is 6.31. The zero-order valence-electron chi connectivity index (χ0n) is 13.5. The summed E-state index contributed by atoms with van der Waals surface area (Å²) < 4.78 is 0. The molecule has 0 bridgehead atoms. The molecule has 1 N–H and O–H groups in total. The Morgan fingerprint density at radius 2 is 2.00 bits per heavy atom. The largest absolute Gasteiger partial charge is 0.341 e. The van der Waals surface area contributed by atoms with Crippen LogP contribution in [0.2, 0.25) is 0 Å². The molecule has 0 aromatic carbocycles. The molecule has 112 valence electrons. The number of likely N-dealkylation sites (tertiary alicyclic amines) is 1. The van der Waals surface area contributed by atoms with Crippen LogP contribution in [0.15, 0.2) is 0 Å². The van der Waals surface area contributed by atoms with Crippen LogP contribution >= 0.6 is 0 Å². The van der Waals surface area contributed by atoms with Crippen LogP contribution in [0.1, 0.15) is 60.3 Å². The molecule has 3 nitrogen and oxygen atoms in total. The number of carbonyl (C=O) groups excluding carboxylic acids is 1. The van der Waals surface area contributed by atoms with E-state index in [2.05, 4.69) is 44.8 Å². The maximum absolute atomic E-state index is 12.1. The molecule has 0 aromatic rings. The first kappa shape index (κ1) is 16.5. The highest BCUT2D eigenvalue weighted by Gasteiger charge is 2.33. The molecule has 2 atom stereocenters. The van der Waals surface area contributed by atoms with Crippen molar-refractivity contribution in [2.24, 2.45) is 11.3 Å². The van der Waals surface area contributed by atoms with E-state index in [0.29, 0.717) is 17.9 Å². The summed E-state index contributed by atoms with van der Waals surface area (Å²) in [5.74, 6) is 0.940. The van der Waals surface area contributed by atoms with Crippen molar-refractivity contribution in [2.45, 2.75) is 66.3 Å². The molecule has 2 unspecified atom stereocenters. The fraction of sp³-hybridized carbons (Fsp3) is 0.938. The maximum atomic E-state index is 12.1. The van der Waals surface area contributed by atoms with Gasteiger partial charge in [-0.25, -0.2) is 0 Å². The Morgan fingerprint density at radius 3 is 2.53 bits per heavy atom. The van der Waals surface area contributed by atoms with Crippen molar-refractivity contribution in [3.8, 4) is 0 Å². The molecule has 0 aromatic heterocycles. The number of nitrogens with zero attached hydrogens (tertiary/aromatic N) is 1. The summed E-state index contributed by atoms with van der Waals surface area (Å²) in [4.78, 5) is 14.2. The Morgan fingerprint density at radius 1 is 1.32 bits per heavy atom. The number of hydrogen-bond donors (Lipinski definition) is 1. The van der Waals surface area contributed by atoms with Crippen molar-refractivity contribution in [1.29, 1.82) is 0 Å². The Labute approximate surface area is 119 Å². The van der Waals surface area contributed by atoms with Gasteiger partial charge in [0.2, 0.25) is 5.91 Å². The molecular weight excluding hydrogens is 236 g/mol. The van der Waals surface area contributed by atoms with E-state index in [1.54, 1.807) is 0 Å². The molecule has 1 amide bonds. The van der Waals surface area contributed by atoms with Crippen molar-refractivity contribution in [3.05, 3.63) is 0 Å². The summed E-state index contributed by atoms with van der Waals surface area (Å²) in [5, 5.41) is 3.61. The molecule has 0 saturated carbocycles. The number of amides is 1.